The summed E-state index contributed by atoms with van der Waals surface area (Å²) >= 11 is 0. The standard InChI is InChI=1S/C19H25BF2N2O3/c1-18(2)7-13(8-18)24-11-23-14-5-12(6-15(16(14)24)27-17(21)22)20-25-9-19(3,4)10-26-20/h5-6,11,13,17H,7-10H2,1-4H3. The fourth-order valence-corrected chi connectivity index (χ4v) is 4.05. The topological polar surface area (TPSA) is 45.5 Å². The summed E-state index contributed by atoms with van der Waals surface area (Å²) < 4.78 is 44.6. The molecular formula is C19H25BF2N2O3. The first-order valence-electron chi connectivity index (χ1n) is 9.32. The number of alkyl halides is 2. The van der Waals surface area contributed by atoms with Crippen LogP contribution in [0.3, 0.4) is 0 Å². The monoisotopic (exact) mass is 378 g/mol. The van der Waals surface area contributed by atoms with Crippen molar-refractivity contribution in [1.82, 2.24) is 9.55 Å². The minimum Gasteiger partial charge on any atom is -0.433 e. The number of imidazole rings is 1. The molecule has 1 saturated heterocycles. The van der Waals surface area contributed by atoms with E-state index in [-0.39, 0.29) is 22.6 Å². The second-order valence-corrected chi connectivity index (χ2v) is 9.26. The lowest BCUT2D eigenvalue weighted by Crippen LogP contribution is -2.47. The van der Waals surface area contributed by atoms with E-state index in [1.54, 1.807) is 12.4 Å². The van der Waals surface area contributed by atoms with Crippen LogP contribution in [0.15, 0.2) is 18.5 Å². The summed E-state index contributed by atoms with van der Waals surface area (Å²) in [5, 5.41) is 0. The molecule has 4 rings (SSSR count). The van der Waals surface area contributed by atoms with Crippen LogP contribution in [0.5, 0.6) is 5.75 Å². The van der Waals surface area contributed by atoms with Gasteiger partial charge in [0.1, 0.15) is 5.52 Å². The lowest BCUT2D eigenvalue weighted by atomic mass is 9.68. The molecule has 1 saturated carbocycles. The summed E-state index contributed by atoms with van der Waals surface area (Å²) in [6.07, 6.45) is 3.69. The molecule has 146 valence electrons. The van der Waals surface area contributed by atoms with Crippen LogP contribution < -0.4 is 10.2 Å². The molecule has 0 bridgehead atoms. The highest BCUT2D eigenvalue weighted by atomic mass is 19.3. The minimum absolute atomic E-state index is 0.0679. The first-order valence-corrected chi connectivity index (χ1v) is 9.32. The van der Waals surface area contributed by atoms with Gasteiger partial charge in [0.05, 0.1) is 11.8 Å². The highest BCUT2D eigenvalue weighted by molar-refractivity contribution is 6.61. The van der Waals surface area contributed by atoms with E-state index in [1.807, 2.05) is 10.6 Å². The van der Waals surface area contributed by atoms with Gasteiger partial charge in [0.2, 0.25) is 0 Å². The van der Waals surface area contributed by atoms with Gasteiger partial charge in [-0.15, -0.1) is 0 Å². The van der Waals surface area contributed by atoms with E-state index in [0.717, 1.165) is 12.8 Å². The van der Waals surface area contributed by atoms with E-state index in [2.05, 4.69) is 32.7 Å². The molecule has 0 radical (unpaired) electrons. The summed E-state index contributed by atoms with van der Waals surface area (Å²) in [4.78, 5) is 4.45. The van der Waals surface area contributed by atoms with Crippen molar-refractivity contribution in [3.63, 3.8) is 0 Å². The Kier molecular flexibility index (Phi) is 4.46. The van der Waals surface area contributed by atoms with E-state index >= 15 is 0 Å². The van der Waals surface area contributed by atoms with Gasteiger partial charge in [-0.25, -0.2) is 4.98 Å². The number of aromatic nitrogens is 2. The first kappa shape index (κ1) is 18.7. The molecule has 8 heteroatoms. The molecule has 2 aliphatic rings. The van der Waals surface area contributed by atoms with Gasteiger partial charge in [0.25, 0.3) is 0 Å². The van der Waals surface area contributed by atoms with Crippen LogP contribution in [-0.2, 0) is 9.31 Å². The highest BCUT2D eigenvalue weighted by Gasteiger charge is 2.39. The predicted molar refractivity (Wildman–Crippen MR) is 99.5 cm³/mol. The van der Waals surface area contributed by atoms with Crippen LogP contribution in [0, 0.1) is 10.8 Å². The van der Waals surface area contributed by atoms with Gasteiger partial charge in [-0.3, -0.25) is 0 Å². The molecule has 2 aromatic rings. The highest BCUT2D eigenvalue weighted by Crippen LogP contribution is 2.49. The van der Waals surface area contributed by atoms with Crippen molar-refractivity contribution >= 4 is 23.6 Å². The Hall–Kier alpha value is -1.67. The number of ether oxygens (including phenoxy) is 1. The van der Waals surface area contributed by atoms with Gasteiger partial charge < -0.3 is 18.6 Å². The number of hydrogen-bond acceptors (Lipinski definition) is 4. The molecule has 0 unspecified atom stereocenters. The average molecular weight is 378 g/mol. The fourth-order valence-electron chi connectivity index (χ4n) is 4.05. The van der Waals surface area contributed by atoms with Crippen LogP contribution in [0.1, 0.15) is 46.6 Å². The molecular weight excluding hydrogens is 353 g/mol. The number of hydrogen-bond donors (Lipinski definition) is 0. The van der Waals surface area contributed by atoms with E-state index in [0.29, 0.717) is 29.7 Å². The summed E-state index contributed by atoms with van der Waals surface area (Å²) in [6.45, 7) is 6.68. The number of nitrogens with zero attached hydrogens (tertiary/aromatic N) is 2. The van der Waals surface area contributed by atoms with Crippen molar-refractivity contribution in [3.8, 4) is 5.75 Å². The first-order chi connectivity index (χ1) is 12.6. The predicted octanol–water partition coefficient (Wildman–Crippen LogP) is 3.77. The molecule has 0 spiro atoms. The summed E-state index contributed by atoms with van der Waals surface area (Å²) in [6, 6.07) is 3.69. The molecule has 0 amide bonds. The van der Waals surface area contributed by atoms with E-state index in [4.69, 9.17) is 14.0 Å². The van der Waals surface area contributed by atoms with Crippen LogP contribution in [0.4, 0.5) is 8.78 Å². The maximum Gasteiger partial charge on any atom is 0.494 e. The molecule has 2 fully saturated rings. The third kappa shape index (κ3) is 3.69. The average Bonchev–Trinajstić information content (AvgIpc) is 2.95. The maximum absolute atomic E-state index is 13.1. The zero-order chi connectivity index (χ0) is 19.4. The normalized spacial score (nSPS) is 22.3. The maximum atomic E-state index is 13.1. The second kappa shape index (κ2) is 6.45. The Morgan fingerprint density at radius 3 is 2.41 bits per heavy atom. The van der Waals surface area contributed by atoms with Crippen molar-refractivity contribution in [2.24, 2.45) is 10.8 Å². The van der Waals surface area contributed by atoms with Crippen LogP contribution in [-0.4, -0.2) is 36.5 Å². The number of halogens is 2. The Balaban J connectivity index is 1.69. The smallest absolute Gasteiger partial charge is 0.433 e. The molecule has 0 atom stereocenters. The zero-order valence-electron chi connectivity index (χ0n) is 16.2. The third-order valence-corrected chi connectivity index (χ3v) is 5.37. The minimum atomic E-state index is -2.91. The Labute approximate surface area is 158 Å². The van der Waals surface area contributed by atoms with Crippen LogP contribution in [0.2, 0.25) is 0 Å². The largest absolute Gasteiger partial charge is 0.494 e. The van der Waals surface area contributed by atoms with Gasteiger partial charge in [-0.1, -0.05) is 27.7 Å². The Bertz CT molecular complexity index is 835. The molecule has 27 heavy (non-hydrogen) atoms. The van der Waals surface area contributed by atoms with Gasteiger partial charge in [0, 0.05) is 24.7 Å². The second-order valence-electron chi connectivity index (χ2n) is 9.26. The van der Waals surface area contributed by atoms with Gasteiger partial charge in [-0.2, -0.15) is 8.78 Å². The molecule has 1 aliphatic heterocycles. The fraction of sp³-hybridized carbons (Fsp3) is 0.632. The zero-order valence-corrected chi connectivity index (χ0v) is 16.2. The van der Waals surface area contributed by atoms with Crippen molar-refractivity contribution in [2.45, 2.75) is 53.2 Å². The van der Waals surface area contributed by atoms with Gasteiger partial charge in [0.15, 0.2) is 5.75 Å². The molecule has 1 aliphatic carbocycles. The van der Waals surface area contributed by atoms with E-state index in [9.17, 15) is 8.78 Å². The van der Waals surface area contributed by atoms with Gasteiger partial charge >= 0.3 is 13.7 Å². The third-order valence-electron chi connectivity index (χ3n) is 5.37. The van der Waals surface area contributed by atoms with Crippen molar-refractivity contribution < 1.29 is 22.8 Å². The van der Waals surface area contributed by atoms with Crippen molar-refractivity contribution in [3.05, 3.63) is 18.5 Å². The Morgan fingerprint density at radius 1 is 1.15 bits per heavy atom. The summed E-state index contributed by atoms with van der Waals surface area (Å²) in [7, 11) is -0.602. The molecule has 1 aromatic heterocycles. The van der Waals surface area contributed by atoms with Crippen LogP contribution in [0.25, 0.3) is 11.0 Å². The quantitative estimate of drug-likeness (QED) is 0.760. The SMILES string of the molecule is CC1(C)COB(c2cc(OC(F)F)c3c(c2)ncn3C2CC(C)(C)C2)OC1. The molecule has 1 aromatic carbocycles. The Morgan fingerprint density at radius 2 is 1.81 bits per heavy atom. The van der Waals surface area contributed by atoms with E-state index in [1.165, 1.54) is 0 Å². The molecule has 0 N–H and O–H groups in total. The number of benzene rings is 1. The molecule has 2 heterocycles. The van der Waals surface area contributed by atoms with Crippen molar-refractivity contribution in [2.75, 3.05) is 13.2 Å². The summed E-state index contributed by atoms with van der Waals surface area (Å²) in [5.41, 5.74) is 2.07. The molecule has 5 nitrogen and oxygen atoms in total. The number of fused-ring (bicyclic) bond motifs is 1. The lowest BCUT2D eigenvalue weighted by molar-refractivity contribution is -0.0491. The number of rotatable bonds is 4. The lowest BCUT2D eigenvalue weighted by Gasteiger charge is -2.43. The van der Waals surface area contributed by atoms with E-state index < -0.39 is 13.7 Å². The summed E-state index contributed by atoms with van der Waals surface area (Å²) in [5.74, 6) is 0.122. The van der Waals surface area contributed by atoms with Crippen molar-refractivity contribution in [1.29, 1.82) is 0 Å². The van der Waals surface area contributed by atoms with Gasteiger partial charge in [-0.05, 0) is 35.9 Å². The van der Waals surface area contributed by atoms with Crippen LogP contribution >= 0.6 is 0 Å².